The number of rotatable bonds is 7. The minimum atomic E-state index is -0.0735. The Morgan fingerprint density at radius 3 is 2.95 bits per heavy atom. The summed E-state index contributed by atoms with van der Waals surface area (Å²) in [6.45, 7) is 1.60. The second-order valence-corrected chi connectivity index (χ2v) is 4.88. The zero-order valence-electron chi connectivity index (χ0n) is 12.2. The topological polar surface area (TPSA) is 99.7 Å². The molecule has 0 spiro atoms. The van der Waals surface area contributed by atoms with Crippen LogP contribution in [0.25, 0.3) is 11.5 Å². The van der Waals surface area contributed by atoms with Gasteiger partial charge in [-0.1, -0.05) is 0 Å². The van der Waals surface area contributed by atoms with Crippen molar-refractivity contribution in [2.24, 2.45) is 0 Å². The van der Waals surface area contributed by atoms with Gasteiger partial charge < -0.3 is 10.2 Å². The molecule has 0 aliphatic rings. The quantitative estimate of drug-likeness (QED) is 0.689. The van der Waals surface area contributed by atoms with Crippen molar-refractivity contribution in [1.82, 2.24) is 35.4 Å². The lowest BCUT2D eigenvalue weighted by Gasteiger charge is -2.09. The molecule has 0 aliphatic carbocycles. The SMILES string of the molecule is CN(C)CCCNC(=O)Cc1nc(-c2cnccn2)n[nH]1. The summed E-state index contributed by atoms with van der Waals surface area (Å²) in [6, 6.07) is 0. The molecular formula is C13H19N7O. The summed E-state index contributed by atoms with van der Waals surface area (Å²) in [5, 5.41) is 9.63. The number of hydrogen-bond acceptors (Lipinski definition) is 6. The van der Waals surface area contributed by atoms with E-state index in [1.807, 2.05) is 14.1 Å². The second kappa shape index (κ2) is 7.44. The third-order valence-electron chi connectivity index (χ3n) is 2.76. The molecule has 0 saturated heterocycles. The monoisotopic (exact) mass is 289 g/mol. The van der Waals surface area contributed by atoms with Gasteiger partial charge in [0.25, 0.3) is 0 Å². The van der Waals surface area contributed by atoms with E-state index < -0.39 is 0 Å². The van der Waals surface area contributed by atoms with Gasteiger partial charge in [-0.25, -0.2) is 9.97 Å². The van der Waals surface area contributed by atoms with E-state index in [9.17, 15) is 4.79 Å². The molecular weight excluding hydrogens is 270 g/mol. The summed E-state index contributed by atoms with van der Waals surface area (Å²) in [4.78, 5) is 26.1. The first kappa shape index (κ1) is 15.0. The van der Waals surface area contributed by atoms with E-state index in [0.717, 1.165) is 13.0 Å². The van der Waals surface area contributed by atoms with Gasteiger partial charge in [0, 0.05) is 18.9 Å². The minimum absolute atomic E-state index is 0.0735. The van der Waals surface area contributed by atoms with Crippen LogP contribution in [-0.4, -0.2) is 63.1 Å². The predicted molar refractivity (Wildman–Crippen MR) is 77.3 cm³/mol. The zero-order valence-corrected chi connectivity index (χ0v) is 12.2. The number of hydrogen-bond donors (Lipinski definition) is 2. The van der Waals surface area contributed by atoms with E-state index in [-0.39, 0.29) is 12.3 Å². The molecule has 2 aromatic rings. The summed E-state index contributed by atoms with van der Waals surface area (Å²) in [5.41, 5.74) is 0.575. The van der Waals surface area contributed by atoms with Gasteiger partial charge in [0.1, 0.15) is 11.5 Å². The molecule has 112 valence electrons. The molecule has 0 unspecified atom stereocenters. The van der Waals surface area contributed by atoms with Gasteiger partial charge in [0.05, 0.1) is 12.6 Å². The predicted octanol–water partition coefficient (Wildman–Crippen LogP) is -0.128. The molecule has 0 aromatic carbocycles. The van der Waals surface area contributed by atoms with Gasteiger partial charge in [-0.3, -0.25) is 14.9 Å². The Labute approximate surface area is 123 Å². The Kier molecular flexibility index (Phi) is 5.33. The van der Waals surface area contributed by atoms with E-state index in [1.165, 1.54) is 0 Å². The first-order valence-electron chi connectivity index (χ1n) is 6.74. The highest BCUT2D eigenvalue weighted by Gasteiger charge is 2.10. The average molecular weight is 289 g/mol. The highest BCUT2D eigenvalue weighted by Crippen LogP contribution is 2.08. The lowest BCUT2D eigenvalue weighted by Crippen LogP contribution is -2.28. The van der Waals surface area contributed by atoms with Crippen LogP contribution in [0.1, 0.15) is 12.2 Å². The number of nitrogens with zero attached hydrogens (tertiary/aromatic N) is 5. The van der Waals surface area contributed by atoms with Crippen molar-refractivity contribution in [3.8, 4) is 11.5 Å². The van der Waals surface area contributed by atoms with E-state index >= 15 is 0 Å². The van der Waals surface area contributed by atoms with Crippen LogP contribution in [-0.2, 0) is 11.2 Å². The maximum Gasteiger partial charge on any atom is 0.227 e. The molecule has 1 amide bonds. The van der Waals surface area contributed by atoms with Crippen LogP contribution >= 0.6 is 0 Å². The van der Waals surface area contributed by atoms with Crippen molar-refractivity contribution in [1.29, 1.82) is 0 Å². The fourth-order valence-electron chi connectivity index (χ4n) is 1.74. The number of carbonyl (C=O) groups is 1. The van der Waals surface area contributed by atoms with Gasteiger partial charge in [-0.15, -0.1) is 0 Å². The summed E-state index contributed by atoms with van der Waals surface area (Å²) in [6.07, 6.45) is 5.82. The molecule has 8 nitrogen and oxygen atoms in total. The molecule has 2 heterocycles. The Morgan fingerprint density at radius 2 is 2.24 bits per heavy atom. The fourth-order valence-corrected chi connectivity index (χ4v) is 1.74. The summed E-state index contributed by atoms with van der Waals surface area (Å²) in [5.74, 6) is 0.884. The first-order valence-corrected chi connectivity index (χ1v) is 6.74. The number of amides is 1. The zero-order chi connectivity index (χ0) is 15.1. The van der Waals surface area contributed by atoms with Gasteiger partial charge in [-0.2, -0.15) is 5.10 Å². The summed E-state index contributed by atoms with van der Waals surface area (Å²) in [7, 11) is 4.01. The number of aromatic amines is 1. The number of carbonyl (C=O) groups excluding carboxylic acids is 1. The van der Waals surface area contributed by atoms with E-state index in [2.05, 4.69) is 35.4 Å². The van der Waals surface area contributed by atoms with Crippen LogP contribution in [0.3, 0.4) is 0 Å². The molecule has 0 saturated carbocycles. The van der Waals surface area contributed by atoms with Crippen LogP contribution < -0.4 is 5.32 Å². The number of nitrogens with one attached hydrogen (secondary N) is 2. The van der Waals surface area contributed by atoms with E-state index in [1.54, 1.807) is 18.6 Å². The lowest BCUT2D eigenvalue weighted by atomic mass is 10.3. The summed E-state index contributed by atoms with van der Waals surface area (Å²) < 4.78 is 0. The maximum atomic E-state index is 11.8. The fraction of sp³-hybridized carbons (Fsp3) is 0.462. The molecule has 8 heteroatoms. The highest BCUT2D eigenvalue weighted by atomic mass is 16.1. The molecule has 2 aromatic heterocycles. The van der Waals surface area contributed by atoms with Crippen molar-refractivity contribution >= 4 is 5.91 Å². The molecule has 0 radical (unpaired) electrons. The molecule has 0 fully saturated rings. The van der Waals surface area contributed by atoms with Crippen LogP contribution in [0.2, 0.25) is 0 Å². The minimum Gasteiger partial charge on any atom is -0.356 e. The molecule has 0 bridgehead atoms. The van der Waals surface area contributed by atoms with Gasteiger partial charge >= 0.3 is 0 Å². The normalized spacial score (nSPS) is 10.8. The maximum absolute atomic E-state index is 11.8. The van der Waals surface area contributed by atoms with E-state index in [4.69, 9.17) is 0 Å². The molecule has 2 N–H and O–H groups in total. The van der Waals surface area contributed by atoms with Crippen LogP contribution in [0.5, 0.6) is 0 Å². The van der Waals surface area contributed by atoms with Crippen molar-refractivity contribution in [2.45, 2.75) is 12.8 Å². The van der Waals surface area contributed by atoms with E-state index in [0.29, 0.717) is 23.9 Å². The number of aromatic nitrogens is 5. The van der Waals surface area contributed by atoms with Crippen molar-refractivity contribution in [3.05, 3.63) is 24.4 Å². The molecule has 0 aliphatic heterocycles. The molecule has 0 atom stereocenters. The number of H-pyrrole nitrogens is 1. The third-order valence-corrected chi connectivity index (χ3v) is 2.76. The summed E-state index contributed by atoms with van der Waals surface area (Å²) >= 11 is 0. The lowest BCUT2D eigenvalue weighted by molar-refractivity contribution is -0.120. The molecule has 2 rings (SSSR count). The second-order valence-electron chi connectivity index (χ2n) is 4.88. The van der Waals surface area contributed by atoms with Crippen LogP contribution in [0.4, 0.5) is 0 Å². The van der Waals surface area contributed by atoms with Gasteiger partial charge in [0.2, 0.25) is 11.7 Å². The van der Waals surface area contributed by atoms with Gasteiger partial charge in [0.15, 0.2) is 0 Å². The van der Waals surface area contributed by atoms with Crippen molar-refractivity contribution < 1.29 is 4.79 Å². The Morgan fingerprint density at radius 1 is 1.38 bits per heavy atom. The van der Waals surface area contributed by atoms with Crippen molar-refractivity contribution in [3.63, 3.8) is 0 Å². The van der Waals surface area contributed by atoms with Crippen LogP contribution in [0.15, 0.2) is 18.6 Å². The first-order chi connectivity index (χ1) is 10.1. The van der Waals surface area contributed by atoms with Gasteiger partial charge in [-0.05, 0) is 27.1 Å². The standard InChI is InChI=1S/C13H19N7O/c1-20(2)7-3-4-16-12(21)8-11-17-13(19-18-11)10-9-14-5-6-15-10/h5-6,9H,3-4,7-8H2,1-2H3,(H,16,21)(H,17,18,19). The van der Waals surface area contributed by atoms with Crippen molar-refractivity contribution in [2.75, 3.05) is 27.2 Å². The van der Waals surface area contributed by atoms with Crippen LogP contribution in [0, 0.1) is 0 Å². The third kappa shape index (κ3) is 4.92. The average Bonchev–Trinajstić information content (AvgIpc) is 2.93. The highest BCUT2D eigenvalue weighted by molar-refractivity contribution is 5.77. The largest absolute Gasteiger partial charge is 0.356 e. The smallest absolute Gasteiger partial charge is 0.227 e. The Hall–Kier alpha value is -2.35. The Bertz CT molecular complexity index is 567. The molecule has 21 heavy (non-hydrogen) atoms. The Balaban J connectivity index is 1.81.